The van der Waals surface area contributed by atoms with Crippen molar-refractivity contribution in [1.82, 2.24) is 0 Å². The molecule has 0 aliphatic carbocycles. The van der Waals surface area contributed by atoms with Gasteiger partial charge in [-0.2, -0.15) is 8.42 Å². The molecule has 0 fully saturated rings. The maximum atomic E-state index is 10.4. The number of hydrogen-bond donors (Lipinski definition) is 1. The molecule has 0 saturated heterocycles. The van der Waals surface area contributed by atoms with Gasteiger partial charge in [-0.15, -0.1) is 0 Å². The molecule has 0 bridgehead atoms. The second-order valence-electron chi connectivity index (χ2n) is 3.08. The molecule has 4 nitrogen and oxygen atoms in total. The molecule has 0 saturated carbocycles. The normalized spacial score (nSPS) is 14.4. The highest BCUT2D eigenvalue weighted by molar-refractivity contribution is 7.80. The third-order valence-electron chi connectivity index (χ3n) is 1.75. The molecule has 80 valence electrons. The van der Waals surface area contributed by atoms with Crippen LogP contribution in [0.2, 0.25) is 0 Å². The Morgan fingerprint density at radius 2 is 1.85 bits per heavy atom. The molecule has 0 radical (unpaired) electrons. The van der Waals surface area contributed by atoms with Crippen molar-refractivity contribution in [3.63, 3.8) is 0 Å². The molecule has 1 atom stereocenters. The fourth-order valence-electron chi connectivity index (χ4n) is 1.17. The Morgan fingerprint density at radius 3 is 2.23 bits per heavy atom. The zero-order chi connectivity index (χ0) is 10.3. The molecule has 0 aromatic carbocycles. The Kier molecular flexibility index (Phi) is 6.28. The summed E-state index contributed by atoms with van der Waals surface area (Å²) in [5.74, 6) is 0. The van der Waals surface area contributed by atoms with Crippen molar-refractivity contribution in [1.29, 1.82) is 0 Å². The average Bonchev–Trinajstić information content (AvgIpc) is 1.98. The van der Waals surface area contributed by atoms with E-state index in [0.717, 1.165) is 19.3 Å². The minimum absolute atomic E-state index is 0.361. The summed E-state index contributed by atoms with van der Waals surface area (Å²) in [7, 11) is -4.28. The summed E-state index contributed by atoms with van der Waals surface area (Å²) in [5, 5.41) is 0. The van der Waals surface area contributed by atoms with Gasteiger partial charge in [0.05, 0.1) is 6.10 Å². The predicted octanol–water partition coefficient (Wildman–Crippen LogP) is 2.16. The molecule has 0 aliphatic heterocycles. The molecule has 0 unspecified atom stereocenters. The summed E-state index contributed by atoms with van der Waals surface area (Å²) < 4.78 is 33.8. The minimum atomic E-state index is -4.28. The number of unbranched alkanes of at least 4 members (excludes halogenated alkanes) is 1. The van der Waals surface area contributed by atoms with Crippen LogP contribution in [0.25, 0.3) is 0 Å². The highest BCUT2D eigenvalue weighted by Gasteiger charge is 2.15. The molecule has 1 N–H and O–H groups in total. The van der Waals surface area contributed by atoms with Crippen LogP contribution in [0.4, 0.5) is 0 Å². The first-order valence-electron chi connectivity index (χ1n) is 4.65. The van der Waals surface area contributed by atoms with Gasteiger partial charge in [-0.25, -0.2) is 4.18 Å². The second-order valence-corrected chi connectivity index (χ2v) is 4.12. The van der Waals surface area contributed by atoms with Gasteiger partial charge in [-0.1, -0.05) is 33.1 Å². The van der Waals surface area contributed by atoms with Crippen LogP contribution in [-0.4, -0.2) is 19.1 Å². The van der Waals surface area contributed by atoms with E-state index in [1.54, 1.807) is 0 Å². The van der Waals surface area contributed by atoms with Gasteiger partial charge in [0, 0.05) is 0 Å². The van der Waals surface area contributed by atoms with Crippen molar-refractivity contribution in [2.24, 2.45) is 0 Å². The third-order valence-corrected chi connectivity index (χ3v) is 2.26. The first kappa shape index (κ1) is 12.9. The smallest absolute Gasteiger partial charge is 0.264 e. The van der Waals surface area contributed by atoms with E-state index in [0.29, 0.717) is 12.8 Å². The van der Waals surface area contributed by atoms with Crippen LogP contribution >= 0.6 is 0 Å². The van der Waals surface area contributed by atoms with Crippen molar-refractivity contribution >= 4 is 10.4 Å². The molecule has 13 heavy (non-hydrogen) atoms. The Hall–Kier alpha value is -0.130. The lowest BCUT2D eigenvalue weighted by Gasteiger charge is -2.13. The van der Waals surface area contributed by atoms with Gasteiger partial charge in [0.2, 0.25) is 0 Å². The van der Waals surface area contributed by atoms with E-state index in [1.165, 1.54) is 0 Å². The van der Waals surface area contributed by atoms with Gasteiger partial charge < -0.3 is 0 Å². The fraction of sp³-hybridized carbons (Fsp3) is 1.00. The van der Waals surface area contributed by atoms with Crippen molar-refractivity contribution in [3.05, 3.63) is 0 Å². The molecule has 0 aromatic rings. The Bertz CT molecular complexity index is 210. The third kappa shape index (κ3) is 8.21. The van der Waals surface area contributed by atoms with Crippen LogP contribution in [0.3, 0.4) is 0 Å². The first-order chi connectivity index (χ1) is 5.99. The lowest BCUT2D eigenvalue weighted by Crippen LogP contribution is -2.17. The first-order valence-corrected chi connectivity index (χ1v) is 6.01. The van der Waals surface area contributed by atoms with Crippen LogP contribution in [0.15, 0.2) is 0 Å². The van der Waals surface area contributed by atoms with E-state index in [1.807, 2.05) is 13.8 Å². The maximum absolute atomic E-state index is 10.4. The largest absolute Gasteiger partial charge is 0.397 e. The van der Waals surface area contributed by atoms with Crippen molar-refractivity contribution < 1.29 is 17.2 Å². The van der Waals surface area contributed by atoms with Crippen LogP contribution in [0, 0.1) is 0 Å². The topological polar surface area (TPSA) is 63.6 Å². The zero-order valence-electron chi connectivity index (χ0n) is 8.19. The van der Waals surface area contributed by atoms with Crippen molar-refractivity contribution in [3.8, 4) is 0 Å². The number of hydrogen-bond acceptors (Lipinski definition) is 3. The molecule has 0 rings (SSSR count). The Labute approximate surface area is 80.2 Å². The fourth-order valence-corrected chi connectivity index (χ4v) is 1.70. The van der Waals surface area contributed by atoms with Gasteiger partial charge in [0.15, 0.2) is 0 Å². The van der Waals surface area contributed by atoms with Crippen LogP contribution in [0.1, 0.15) is 46.0 Å². The summed E-state index contributed by atoms with van der Waals surface area (Å²) in [6, 6.07) is 0. The SMILES string of the molecule is CCCC[C@@H](CCC)OS(=O)(=O)O. The number of rotatable bonds is 7. The molecular formula is C8H18O4S. The minimum Gasteiger partial charge on any atom is -0.264 e. The van der Waals surface area contributed by atoms with E-state index in [9.17, 15) is 8.42 Å². The van der Waals surface area contributed by atoms with Crippen LogP contribution < -0.4 is 0 Å². The van der Waals surface area contributed by atoms with E-state index >= 15 is 0 Å². The lowest BCUT2D eigenvalue weighted by atomic mass is 10.1. The standard InChI is InChI=1S/C8H18O4S/c1-3-5-7-8(6-4-2)12-13(9,10)11/h8H,3-7H2,1-2H3,(H,9,10,11)/t8-/m1/s1. The molecule has 0 spiro atoms. The van der Waals surface area contributed by atoms with Crippen molar-refractivity contribution in [2.75, 3.05) is 0 Å². The summed E-state index contributed by atoms with van der Waals surface area (Å²) >= 11 is 0. The van der Waals surface area contributed by atoms with Gasteiger partial charge in [-0.3, -0.25) is 4.55 Å². The van der Waals surface area contributed by atoms with Crippen LogP contribution in [0.5, 0.6) is 0 Å². The van der Waals surface area contributed by atoms with E-state index in [-0.39, 0.29) is 6.10 Å². The Morgan fingerprint density at radius 1 is 1.23 bits per heavy atom. The summed E-state index contributed by atoms with van der Waals surface area (Å²) in [6.07, 6.45) is 3.75. The molecule has 0 aliphatic rings. The van der Waals surface area contributed by atoms with E-state index < -0.39 is 10.4 Å². The molecular weight excluding hydrogens is 192 g/mol. The second kappa shape index (κ2) is 6.34. The molecule has 0 aromatic heterocycles. The zero-order valence-corrected chi connectivity index (χ0v) is 9.01. The average molecular weight is 210 g/mol. The summed E-state index contributed by atoms with van der Waals surface area (Å²) in [5.41, 5.74) is 0. The quantitative estimate of drug-likeness (QED) is 0.654. The highest BCUT2D eigenvalue weighted by Crippen LogP contribution is 2.12. The molecule has 0 heterocycles. The lowest BCUT2D eigenvalue weighted by molar-refractivity contribution is 0.160. The van der Waals surface area contributed by atoms with Gasteiger partial charge >= 0.3 is 10.4 Å². The van der Waals surface area contributed by atoms with Gasteiger partial charge in [0.1, 0.15) is 0 Å². The monoisotopic (exact) mass is 210 g/mol. The summed E-state index contributed by atoms with van der Waals surface area (Å²) in [6.45, 7) is 3.97. The van der Waals surface area contributed by atoms with E-state index in [4.69, 9.17) is 4.55 Å². The highest BCUT2D eigenvalue weighted by atomic mass is 32.3. The van der Waals surface area contributed by atoms with Crippen LogP contribution in [-0.2, 0) is 14.6 Å². The summed E-state index contributed by atoms with van der Waals surface area (Å²) in [4.78, 5) is 0. The van der Waals surface area contributed by atoms with Crippen molar-refractivity contribution in [2.45, 2.75) is 52.1 Å². The Balaban J connectivity index is 3.94. The van der Waals surface area contributed by atoms with E-state index in [2.05, 4.69) is 4.18 Å². The van der Waals surface area contributed by atoms with Gasteiger partial charge in [0.25, 0.3) is 0 Å². The molecule has 0 amide bonds. The molecule has 5 heteroatoms. The predicted molar refractivity (Wildman–Crippen MR) is 50.9 cm³/mol. The van der Waals surface area contributed by atoms with Gasteiger partial charge in [-0.05, 0) is 12.8 Å². The maximum Gasteiger partial charge on any atom is 0.397 e.